The highest BCUT2D eigenvalue weighted by molar-refractivity contribution is 6.31. The van der Waals surface area contributed by atoms with Gasteiger partial charge in [-0.2, -0.15) is 0 Å². The van der Waals surface area contributed by atoms with E-state index in [1.807, 2.05) is 0 Å². The molecule has 1 N–H and O–H groups in total. The van der Waals surface area contributed by atoms with Crippen LogP contribution >= 0.6 is 11.6 Å². The van der Waals surface area contributed by atoms with E-state index in [0.717, 1.165) is 18.9 Å². The largest absolute Gasteiger partial charge is 0.382 e. The average molecular weight is 218 g/mol. The van der Waals surface area contributed by atoms with Crippen LogP contribution in [0.5, 0.6) is 0 Å². The van der Waals surface area contributed by atoms with Crippen LogP contribution in [0.15, 0.2) is 6.07 Å². The lowest BCUT2D eigenvalue weighted by atomic mass is 10.1. The van der Waals surface area contributed by atoms with Gasteiger partial charge in [0.25, 0.3) is 0 Å². The third-order valence-electron chi connectivity index (χ3n) is 2.42. The average Bonchev–Trinajstić information content (AvgIpc) is 2.39. The fourth-order valence-corrected chi connectivity index (χ4v) is 1.95. The van der Waals surface area contributed by atoms with Crippen LogP contribution in [-0.4, -0.2) is 6.54 Å². The molecule has 1 aliphatic heterocycles. The zero-order chi connectivity index (χ0) is 10.1. The van der Waals surface area contributed by atoms with E-state index in [9.17, 15) is 8.78 Å². The molecule has 0 bridgehead atoms. The molecular formula is C10H10ClF2N. The van der Waals surface area contributed by atoms with Crippen molar-refractivity contribution in [2.24, 2.45) is 0 Å². The maximum atomic E-state index is 13.3. The van der Waals surface area contributed by atoms with Crippen LogP contribution in [0.25, 0.3) is 0 Å². The van der Waals surface area contributed by atoms with Crippen molar-refractivity contribution in [2.45, 2.75) is 19.3 Å². The summed E-state index contributed by atoms with van der Waals surface area (Å²) in [7, 11) is 0. The van der Waals surface area contributed by atoms with Gasteiger partial charge < -0.3 is 5.32 Å². The zero-order valence-electron chi connectivity index (χ0n) is 7.54. The number of nitrogens with one attached hydrogen (secondary N) is 1. The van der Waals surface area contributed by atoms with Crippen molar-refractivity contribution >= 4 is 17.3 Å². The molecule has 76 valence electrons. The van der Waals surface area contributed by atoms with Crippen molar-refractivity contribution in [1.29, 1.82) is 0 Å². The second kappa shape index (κ2) is 3.73. The minimum atomic E-state index is -0.674. The van der Waals surface area contributed by atoms with Crippen molar-refractivity contribution in [3.63, 3.8) is 0 Å². The van der Waals surface area contributed by atoms with Gasteiger partial charge >= 0.3 is 0 Å². The van der Waals surface area contributed by atoms with Gasteiger partial charge in [0.05, 0.1) is 10.7 Å². The quantitative estimate of drug-likeness (QED) is 0.657. The van der Waals surface area contributed by atoms with E-state index in [1.54, 1.807) is 0 Å². The lowest BCUT2D eigenvalue weighted by molar-refractivity contribution is 0.583. The molecule has 1 heterocycles. The summed E-state index contributed by atoms with van der Waals surface area (Å²) in [5.41, 5.74) is 0.940. The predicted octanol–water partition coefficient (Wildman–Crippen LogP) is 3.37. The number of halogens is 3. The molecule has 14 heavy (non-hydrogen) atoms. The number of rotatable bonds is 0. The number of hydrogen-bond acceptors (Lipinski definition) is 1. The second-order valence-corrected chi connectivity index (χ2v) is 3.77. The van der Waals surface area contributed by atoms with Gasteiger partial charge in [0.1, 0.15) is 11.6 Å². The summed E-state index contributed by atoms with van der Waals surface area (Å²) in [4.78, 5) is 0. The zero-order valence-corrected chi connectivity index (χ0v) is 8.30. The van der Waals surface area contributed by atoms with Crippen molar-refractivity contribution in [1.82, 2.24) is 0 Å². The molecule has 1 aromatic carbocycles. The highest BCUT2D eigenvalue weighted by atomic mass is 35.5. The maximum Gasteiger partial charge on any atom is 0.149 e. The highest BCUT2D eigenvalue weighted by Gasteiger charge is 2.18. The van der Waals surface area contributed by atoms with Crippen LogP contribution in [0.1, 0.15) is 18.4 Å². The van der Waals surface area contributed by atoms with Crippen LogP contribution in [0.4, 0.5) is 14.5 Å². The summed E-state index contributed by atoms with van der Waals surface area (Å²) in [5.74, 6) is -1.23. The van der Waals surface area contributed by atoms with E-state index < -0.39 is 11.6 Å². The molecule has 0 atom stereocenters. The van der Waals surface area contributed by atoms with Crippen LogP contribution in [0, 0.1) is 11.6 Å². The second-order valence-electron chi connectivity index (χ2n) is 3.39. The topological polar surface area (TPSA) is 12.0 Å². The maximum absolute atomic E-state index is 13.3. The van der Waals surface area contributed by atoms with Crippen LogP contribution in [0.2, 0.25) is 5.02 Å². The molecule has 0 radical (unpaired) electrons. The number of anilines is 1. The Kier molecular flexibility index (Phi) is 2.59. The van der Waals surface area contributed by atoms with Gasteiger partial charge in [0, 0.05) is 12.6 Å². The van der Waals surface area contributed by atoms with Crippen LogP contribution < -0.4 is 5.32 Å². The molecule has 0 spiro atoms. The number of fused-ring (bicyclic) bond motifs is 1. The Morgan fingerprint density at radius 3 is 2.79 bits per heavy atom. The molecule has 0 unspecified atom stereocenters. The van der Waals surface area contributed by atoms with E-state index in [0.29, 0.717) is 24.2 Å². The Bertz CT molecular complexity index is 366. The molecule has 1 aromatic rings. The van der Waals surface area contributed by atoms with Crippen LogP contribution in [-0.2, 0) is 6.42 Å². The van der Waals surface area contributed by atoms with Gasteiger partial charge in [-0.15, -0.1) is 0 Å². The van der Waals surface area contributed by atoms with E-state index in [4.69, 9.17) is 11.6 Å². The first-order valence-corrected chi connectivity index (χ1v) is 4.98. The summed E-state index contributed by atoms with van der Waals surface area (Å²) in [6.07, 6.45) is 2.49. The number of hydrogen-bond donors (Lipinski definition) is 1. The standard InChI is InChI=1S/C10H10ClF2N/c11-9-6-3-1-2-4-14-10(6)8(13)5-7(9)12/h5,14H,1-4H2. The molecule has 2 rings (SSSR count). The van der Waals surface area contributed by atoms with Gasteiger partial charge in [0.2, 0.25) is 0 Å². The summed E-state index contributed by atoms with van der Waals surface area (Å²) in [6.45, 7) is 0.714. The van der Waals surface area contributed by atoms with Gasteiger partial charge in [-0.3, -0.25) is 0 Å². The predicted molar refractivity (Wildman–Crippen MR) is 52.8 cm³/mol. The Morgan fingerprint density at radius 2 is 2.00 bits per heavy atom. The molecule has 1 aliphatic rings. The monoisotopic (exact) mass is 217 g/mol. The third-order valence-corrected chi connectivity index (χ3v) is 2.83. The van der Waals surface area contributed by atoms with E-state index >= 15 is 0 Å². The van der Waals surface area contributed by atoms with Crippen LogP contribution in [0.3, 0.4) is 0 Å². The summed E-state index contributed by atoms with van der Waals surface area (Å²) < 4.78 is 26.4. The molecular weight excluding hydrogens is 208 g/mol. The molecule has 0 saturated carbocycles. The third kappa shape index (κ3) is 1.57. The fourth-order valence-electron chi connectivity index (χ4n) is 1.71. The Hall–Kier alpha value is -0.830. The molecule has 0 fully saturated rings. The molecule has 0 aromatic heterocycles. The summed E-state index contributed by atoms with van der Waals surface area (Å²) in [5, 5.41) is 2.99. The van der Waals surface area contributed by atoms with E-state index in [-0.39, 0.29) is 5.02 Å². The molecule has 4 heteroatoms. The fraction of sp³-hybridized carbons (Fsp3) is 0.400. The van der Waals surface area contributed by atoms with E-state index in [2.05, 4.69) is 5.32 Å². The first-order chi connectivity index (χ1) is 6.70. The lowest BCUT2D eigenvalue weighted by Crippen LogP contribution is -2.03. The van der Waals surface area contributed by atoms with Gasteiger partial charge in [-0.05, 0) is 24.8 Å². The molecule has 0 aliphatic carbocycles. The molecule has 0 amide bonds. The highest BCUT2D eigenvalue weighted by Crippen LogP contribution is 2.32. The smallest absolute Gasteiger partial charge is 0.149 e. The first-order valence-electron chi connectivity index (χ1n) is 4.60. The van der Waals surface area contributed by atoms with Gasteiger partial charge in [-0.1, -0.05) is 11.6 Å². The lowest BCUT2D eigenvalue weighted by Gasteiger charge is -2.10. The van der Waals surface area contributed by atoms with Crippen molar-refractivity contribution in [2.75, 3.05) is 11.9 Å². The Labute approximate surface area is 86.1 Å². The van der Waals surface area contributed by atoms with E-state index in [1.165, 1.54) is 0 Å². The molecule has 1 nitrogen and oxygen atoms in total. The summed E-state index contributed by atoms with van der Waals surface area (Å²) in [6, 6.07) is 0.833. The Balaban J connectivity index is 2.57. The van der Waals surface area contributed by atoms with Gasteiger partial charge in [0.15, 0.2) is 0 Å². The minimum absolute atomic E-state index is 0.0517. The normalized spacial score (nSPS) is 15.6. The Morgan fingerprint density at radius 1 is 1.21 bits per heavy atom. The summed E-state index contributed by atoms with van der Waals surface area (Å²) >= 11 is 5.77. The van der Waals surface area contributed by atoms with Crippen molar-refractivity contribution < 1.29 is 8.78 Å². The molecule has 0 saturated heterocycles. The minimum Gasteiger partial charge on any atom is -0.382 e. The first kappa shape index (κ1) is 9.71. The van der Waals surface area contributed by atoms with Crippen molar-refractivity contribution in [3.05, 3.63) is 28.3 Å². The van der Waals surface area contributed by atoms with Crippen molar-refractivity contribution in [3.8, 4) is 0 Å². The SMILES string of the molecule is Fc1cc(F)c2c(c1Cl)CCCCN2. The van der Waals surface area contributed by atoms with Gasteiger partial charge in [-0.25, -0.2) is 8.78 Å². The number of benzene rings is 1.